The maximum atomic E-state index is 12.3. The number of hydrogen-bond acceptors (Lipinski definition) is 4. The SMILES string of the molecule is CC[C@H](Nc1ccccc1)C(=O)N/N=C\c1cc(Br)ccc1OC. The first-order chi connectivity index (χ1) is 11.6. The summed E-state index contributed by atoms with van der Waals surface area (Å²) < 4.78 is 6.18. The molecule has 2 rings (SSSR count). The third kappa shape index (κ3) is 5.09. The van der Waals surface area contributed by atoms with Crippen LogP contribution in [0.25, 0.3) is 0 Å². The van der Waals surface area contributed by atoms with Crippen molar-refractivity contribution in [2.75, 3.05) is 12.4 Å². The number of anilines is 1. The summed E-state index contributed by atoms with van der Waals surface area (Å²) in [7, 11) is 1.59. The van der Waals surface area contributed by atoms with E-state index in [4.69, 9.17) is 4.74 Å². The summed E-state index contributed by atoms with van der Waals surface area (Å²) in [4.78, 5) is 12.3. The molecule has 0 aliphatic carbocycles. The molecule has 2 aromatic carbocycles. The van der Waals surface area contributed by atoms with Crippen molar-refractivity contribution >= 4 is 33.7 Å². The maximum absolute atomic E-state index is 12.3. The van der Waals surface area contributed by atoms with Crippen LogP contribution in [0.1, 0.15) is 18.9 Å². The van der Waals surface area contributed by atoms with E-state index in [1.165, 1.54) is 0 Å². The molecule has 0 bridgehead atoms. The summed E-state index contributed by atoms with van der Waals surface area (Å²) in [5.74, 6) is 0.497. The molecule has 6 heteroatoms. The van der Waals surface area contributed by atoms with E-state index in [1.807, 2.05) is 55.5 Å². The summed E-state index contributed by atoms with van der Waals surface area (Å²) in [5.41, 5.74) is 4.24. The molecule has 126 valence electrons. The average Bonchev–Trinajstić information content (AvgIpc) is 2.60. The van der Waals surface area contributed by atoms with Crippen LogP contribution in [0.2, 0.25) is 0 Å². The van der Waals surface area contributed by atoms with Crippen molar-refractivity contribution in [2.45, 2.75) is 19.4 Å². The first-order valence-electron chi connectivity index (χ1n) is 7.62. The van der Waals surface area contributed by atoms with Crippen LogP contribution in [0.5, 0.6) is 5.75 Å². The van der Waals surface area contributed by atoms with E-state index in [1.54, 1.807) is 13.3 Å². The van der Waals surface area contributed by atoms with Gasteiger partial charge in [0.2, 0.25) is 0 Å². The van der Waals surface area contributed by atoms with Crippen LogP contribution in [0.15, 0.2) is 58.1 Å². The van der Waals surface area contributed by atoms with Gasteiger partial charge in [0.15, 0.2) is 0 Å². The minimum Gasteiger partial charge on any atom is -0.496 e. The maximum Gasteiger partial charge on any atom is 0.262 e. The third-order valence-electron chi connectivity index (χ3n) is 3.41. The van der Waals surface area contributed by atoms with Crippen molar-refractivity contribution in [3.05, 3.63) is 58.6 Å². The van der Waals surface area contributed by atoms with E-state index in [-0.39, 0.29) is 11.9 Å². The lowest BCUT2D eigenvalue weighted by molar-refractivity contribution is -0.121. The highest BCUT2D eigenvalue weighted by Gasteiger charge is 2.15. The molecule has 2 aromatic rings. The van der Waals surface area contributed by atoms with Crippen molar-refractivity contribution in [2.24, 2.45) is 5.10 Å². The van der Waals surface area contributed by atoms with Gasteiger partial charge < -0.3 is 10.1 Å². The first-order valence-corrected chi connectivity index (χ1v) is 8.41. The number of ether oxygens (including phenoxy) is 1. The molecule has 0 saturated heterocycles. The molecule has 1 atom stereocenters. The lowest BCUT2D eigenvalue weighted by Gasteiger charge is -2.16. The largest absolute Gasteiger partial charge is 0.496 e. The molecular formula is C18H20BrN3O2. The average molecular weight is 390 g/mol. The number of carbonyl (C=O) groups excluding carboxylic acids is 1. The third-order valence-corrected chi connectivity index (χ3v) is 3.90. The minimum absolute atomic E-state index is 0.188. The zero-order chi connectivity index (χ0) is 17.4. The number of methoxy groups -OCH3 is 1. The van der Waals surface area contributed by atoms with E-state index in [2.05, 4.69) is 31.8 Å². The van der Waals surface area contributed by atoms with Gasteiger partial charge in [0.25, 0.3) is 5.91 Å². The lowest BCUT2D eigenvalue weighted by Crippen LogP contribution is -2.36. The van der Waals surface area contributed by atoms with Crippen LogP contribution in [0.4, 0.5) is 5.69 Å². The molecule has 0 aliphatic rings. The predicted octanol–water partition coefficient (Wildman–Crippen LogP) is 3.80. The Morgan fingerprint density at radius 3 is 2.71 bits per heavy atom. The molecule has 2 N–H and O–H groups in total. The van der Waals surface area contributed by atoms with Gasteiger partial charge in [0.05, 0.1) is 13.3 Å². The normalized spacial score (nSPS) is 12.0. The summed E-state index contributed by atoms with van der Waals surface area (Å²) in [6, 6.07) is 14.8. The number of hydrogen-bond donors (Lipinski definition) is 2. The van der Waals surface area contributed by atoms with Gasteiger partial charge in [-0.2, -0.15) is 5.10 Å². The van der Waals surface area contributed by atoms with Crippen LogP contribution < -0.4 is 15.5 Å². The molecule has 0 radical (unpaired) electrons. The van der Waals surface area contributed by atoms with Crippen LogP contribution in [0.3, 0.4) is 0 Å². The monoisotopic (exact) mass is 389 g/mol. The number of para-hydroxylation sites is 1. The number of nitrogens with one attached hydrogen (secondary N) is 2. The second-order valence-corrected chi connectivity index (χ2v) is 6.01. The Morgan fingerprint density at radius 2 is 2.04 bits per heavy atom. The highest BCUT2D eigenvalue weighted by molar-refractivity contribution is 9.10. The summed E-state index contributed by atoms with van der Waals surface area (Å²) in [6.07, 6.45) is 2.22. The number of benzene rings is 2. The molecule has 0 fully saturated rings. The van der Waals surface area contributed by atoms with E-state index >= 15 is 0 Å². The van der Waals surface area contributed by atoms with Crippen LogP contribution in [-0.4, -0.2) is 25.3 Å². The summed E-state index contributed by atoms with van der Waals surface area (Å²) in [5, 5.41) is 7.23. The van der Waals surface area contributed by atoms with Gasteiger partial charge in [0.1, 0.15) is 11.8 Å². The molecule has 0 aliphatic heterocycles. The van der Waals surface area contributed by atoms with Crippen molar-refractivity contribution in [1.29, 1.82) is 0 Å². The Bertz CT molecular complexity index is 705. The molecule has 1 amide bonds. The van der Waals surface area contributed by atoms with Gasteiger partial charge >= 0.3 is 0 Å². The smallest absolute Gasteiger partial charge is 0.262 e. The summed E-state index contributed by atoms with van der Waals surface area (Å²) >= 11 is 3.40. The molecule has 5 nitrogen and oxygen atoms in total. The predicted molar refractivity (Wildman–Crippen MR) is 101 cm³/mol. The fraction of sp³-hybridized carbons (Fsp3) is 0.222. The van der Waals surface area contributed by atoms with Gasteiger partial charge in [-0.3, -0.25) is 4.79 Å². The number of hydrazone groups is 1. The zero-order valence-corrected chi connectivity index (χ0v) is 15.2. The molecule has 0 spiro atoms. The molecule has 24 heavy (non-hydrogen) atoms. The molecule has 0 unspecified atom stereocenters. The number of rotatable bonds is 7. The van der Waals surface area contributed by atoms with Crippen molar-refractivity contribution in [1.82, 2.24) is 5.43 Å². The fourth-order valence-electron chi connectivity index (χ4n) is 2.14. The standard InChI is InChI=1S/C18H20BrN3O2/c1-3-16(21-15-7-5-4-6-8-15)18(23)22-20-12-13-11-14(19)9-10-17(13)24-2/h4-12,16,21H,3H2,1-2H3,(H,22,23)/b20-12-/t16-/m0/s1. The fourth-order valence-corrected chi connectivity index (χ4v) is 2.52. The molecule has 0 saturated carbocycles. The molecule has 0 heterocycles. The number of halogens is 1. The van der Waals surface area contributed by atoms with Crippen molar-refractivity contribution < 1.29 is 9.53 Å². The first kappa shape index (κ1) is 18.0. The molecule has 0 aromatic heterocycles. The van der Waals surface area contributed by atoms with Gasteiger partial charge in [-0.05, 0) is 36.8 Å². The summed E-state index contributed by atoms with van der Waals surface area (Å²) in [6.45, 7) is 1.95. The molecular weight excluding hydrogens is 370 g/mol. The lowest BCUT2D eigenvalue weighted by atomic mass is 10.2. The van der Waals surface area contributed by atoms with Crippen LogP contribution in [-0.2, 0) is 4.79 Å². The van der Waals surface area contributed by atoms with E-state index in [9.17, 15) is 4.79 Å². The van der Waals surface area contributed by atoms with Gasteiger partial charge in [0, 0.05) is 15.7 Å². The van der Waals surface area contributed by atoms with Crippen LogP contribution >= 0.6 is 15.9 Å². The van der Waals surface area contributed by atoms with Crippen molar-refractivity contribution in [3.8, 4) is 5.75 Å². The number of amides is 1. The quantitative estimate of drug-likeness (QED) is 0.559. The van der Waals surface area contributed by atoms with E-state index in [0.29, 0.717) is 12.2 Å². The number of carbonyl (C=O) groups is 1. The topological polar surface area (TPSA) is 62.7 Å². The Kier molecular flexibility index (Phi) is 6.81. The minimum atomic E-state index is -0.353. The Morgan fingerprint density at radius 1 is 1.29 bits per heavy atom. The second-order valence-electron chi connectivity index (χ2n) is 5.09. The highest BCUT2D eigenvalue weighted by atomic mass is 79.9. The van der Waals surface area contributed by atoms with E-state index in [0.717, 1.165) is 15.7 Å². The number of nitrogens with zero attached hydrogens (tertiary/aromatic N) is 1. The Labute approximate surface area is 150 Å². The zero-order valence-electron chi connectivity index (χ0n) is 13.6. The Balaban J connectivity index is 1.99. The van der Waals surface area contributed by atoms with E-state index < -0.39 is 0 Å². The highest BCUT2D eigenvalue weighted by Crippen LogP contribution is 2.21. The van der Waals surface area contributed by atoms with Gasteiger partial charge in [-0.1, -0.05) is 41.1 Å². The Hall–Kier alpha value is -2.34. The van der Waals surface area contributed by atoms with Gasteiger partial charge in [-0.15, -0.1) is 0 Å². The second kappa shape index (κ2) is 9.08. The van der Waals surface area contributed by atoms with Gasteiger partial charge in [-0.25, -0.2) is 5.43 Å². The van der Waals surface area contributed by atoms with Crippen molar-refractivity contribution in [3.63, 3.8) is 0 Å². The van der Waals surface area contributed by atoms with Crippen LogP contribution in [0, 0.1) is 0 Å².